The molecule has 0 bridgehead atoms. The van der Waals surface area contributed by atoms with Crippen LogP contribution in [0.5, 0.6) is 0 Å². The molecule has 0 aliphatic heterocycles. The van der Waals surface area contributed by atoms with Crippen molar-refractivity contribution in [1.29, 1.82) is 0 Å². The van der Waals surface area contributed by atoms with Crippen LogP contribution < -0.4 is 0 Å². The number of hydrogen-bond acceptors (Lipinski definition) is 0. The van der Waals surface area contributed by atoms with Crippen LogP contribution in [0.2, 0.25) is 0 Å². The molecule has 0 spiro atoms. The molecule has 2 rings (SSSR count). The Morgan fingerprint density at radius 2 is 2.15 bits per heavy atom. The zero-order valence-electron chi connectivity index (χ0n) is 7.82. The molecule has 0 amide bonds. The van der Waals surface area contributed by atoms with E-state index in [1.54, 1.807) is 0 Å². The van der Waals surface area contributed by atoms with Gasteiger partial charge in [0, 0.05) is 20.7 Å². The fourth-order valence-electron chi connectivity index (χ4n) is 1.63. The summed E-state index contributed by atoms with van der Waals surface area (Å²) in [4.78, 5) is 3.30. The Hall–Kier alpha value is -0.510. The topological polar surface area (TPSA) is 15.8 Å². The molecule has 1 nitrogen and oxygen atoms in total. The molecule has 1 aromatic carbocycles. The molecule has 1 heterocycles. The lowest BCUT2D eigenvalue weighted by Gasteiger charge is -2.01. The molecule has 2 aromatic rings. The number of aromatic amines is 1. The first-order valence-corrected chi connectivity index (χ1v) is 5.57. The van der Waals surface area contributed by atoms with Crippen LogP contribution in [0.4, 0.5) is 0 Å². The van der Waals surface area contributed by atoms with Gasteiger partial charge in [-0.2, -0.15) is 0 Å². The van der Waals surface area contributed by atoms with Gasteiger partial charge < -0.3 is 4.98 Å². The Morgan fingerprint density at radius 3 is 2.85 bits per heavy atom. The average molecular weight is 285 g/mol. The lowest BCUT2D eigenvalue weighted by molar-refractivity contribution is 1.15. The van der Waals surface area contributed by atoms with E-state index in [0.717, 1.165) is 6.42 Å². The number of halogens is 1. The molecule has 0 fully saturated rings. The maximum atomic E-state index is 3.30. The van der Waals surface area contributed by atoms with E-state index >= 15 is 0 Å². The third kappa shape index (κ3) is 1.37. The highest BCUT2D eigenvalue weighted by molar-refractivity contribution is 14.1. The Balaban J connectivity index is 2.85. The SMILES string of the molecule is CCc1c[nH]c2ccc(C)c(I)c12. The predicted octanol–water partition coefficient (Wildman–Crippen LogP) is 3.64. The summed E-state index contributed by atoms with van der Waals surface area (Å²) in [5, 5.41) is 1.41. The van der Waals surface area contributed by atoms with Gasteiger partial charge in [0.05, 0.1) is 0 Å². The minimum Gasteiger partial charge on any atom is -0.361 e. The monoisotopic (exact) mass is 285 g/mol. The van der Waals surface area contributed by atoms with E-state index in [-0.39, 0.29) is 0 Å². The summed E-state index contributed by atoms with van der Waals surface area (Å²) in [5.41, 5.74) is 4.04. The summed E-state index contributed by atoms with van der Waals surface area (Å²) in [6, 6.07) is 4.33. The van der Waals surface area contributed by atoms with E-state index in [2.05, 4.69) is 59.8 Å². The van der Waals surface area contributed by atoms with E-state index in [0.29, 0.717) is 0 Å². The number of aryl methyl sites for hydroxylation is 2. The maximum absolute atomic E-state index is 3.30. The lowest BCUT2D eigenvalue weighted by atomic mass is 10.1. The molecule has 0 aliphatic rings. The van der Waals surface area contributed by atoms with Crippen LogP contribution in [0.1, 0.15) is 18.1 Å². The second kappa shape index (κ2) is 3.33. The Morgan fingerprint density at radius 1 is 1.38 bits per heavy atom. The molecule has 68 valence electrons. The van der Waals surface area contributed by atoms with Crippen LogP contribution in [-0.2, 0) is 6.42 Å². The van der Waals surface area contributed by atoms with Crippen LogP contribution in [0.3, 0.4) is 0 Å². The van der Waals surface area contributed by atoms with Crippen molar-refractivity contribution in [1.82, 2.24) is 4.98 Å². The summed E-state index contributed by atoms with van der Waals surface area (Å²) in [5.74, 6) is 0. The molecular weight excluding hydrogens is 273 g/mol. The van der Waals surface area contributed by atoms with Crippen LogP contribution >= 0.6 is 22.6 Å². The van der Waals surface area contributed by atoms with Gasteiger partial charge in [-0.05, 0) is 53.1 Å². The third-order valence-corrected chi connectivity index (χ3v) is 3.83. The van der Waals surface area contributed by atoms with Crippen molar-refractivity contribution in [3.8, 4) is 0 Å². The number of rotatable bonds is 1. The van der Waals surface area contributed by atoms with Crippen molar-refractivity contribution in [3.63, 3.8) is 0 Å². The predicted molar refractivity (Wildman–Crippen MR) is 65.1 cm³/mol. The molecule has 0 unspecified atom stereocenters. The van der Waals surface area contributed by atoms with Gasteiger partial charge in [0.1, 0.15) is 0 Å². The number of nitrogens with one attached hydrogen (secondary N) is 1. The molecule has 13 heavy (non-hydrogen) atoms. The van der Waals surface area contributed by atoms with E-state index in [1.165, 1.54) is 25.6 Å². The van der Waals surface area contributed by atoms with Gasteiger partial charge in [-0.3, -0.25) is 0 Å². The molecule has 1 N–H and O–H groups in total. The molecule has 0 atom stereocenters. The Bertz CT molecular complexity index is 443. The molecule has 1 aromatic heterocycles. The molecule has 0 radical (unpaired) electrons. The fourth-order valence-corrected chi connectivity index (χ4v) is 2.45. The molecule has 0 saturated heterocycles. The zero-order chi connectivity index (χ0) is 9.42. The smallest absolute Gasteiger partial charge is 0.0467 e. The van der Waals surface area contributed by atoms with Gasteiger partial charge in [0.2, 0.25) is 0 Å². The van der Waals surface area contributed by atoms with Crippen LogP contribution in [0.25, 0.3) is 10.9 Å². The first kappa shape index (κ1) is 9.06. The summed E-state index contributed by atoms with van der Waals surface area (Å²) in [6.07, 6.45) is 3.21. The number of aromatic nitrogens is 1. The van der Waals surface area contributed by atoms with Crippen molar-refractivity contribution in [2.45, 2.75) is 20.3 Å². The highest BCUT2D eigenvalue weighted by atomic mass is 127. The maximum Gasteiger partial charge on any atom is 0.0467 e. The largest absolute Gasteiger partial charge is 0.361 e. The van der Waals surface area contributed by atoms with E-state index < -0.39 is 0 Å². The highest BCUT2D eigenvalue weighted by Gasteiger charge is 2.06. The molecule has 0 saturated carbocycles. The molecular formula is C11H12IN. The summed E-state index contributed by atoms with van der Waals surface area (Å²) < 4.78 is 1.38. The van der Waals surface area contributed by atoms with Crippen LogP contribution in [0.15, 0.2) is 18.3 Å². The van der Waals surface area contributed by atoms with Gasteiger partial charge in [-0.25, -0.2) is 0 Å². The van der Waals surface area contributed by atoms with Crippen molar-refractivity contribution >= 4 is 33.5 Å². The van der Waals surface area contributed by atoms with Crippen molar-refractivity contribution in [2.24, 2.45) is 0 Å². The van der Waals surface area contributed by atoms with E-state index in [9.17, 15) is 0 Å². The van der Waals surface area contributed by atoms with Gasteiger partial charge >= 0.3 is 0 Å². The Labute approximate surface area is 91.7 Å². The van der Waals surface area contributed by atoms with Gasteiger partial charge in [0.25, 0.3) is 0 Å². The summed E-state index contributed by atoms with van der Waals surface area (Å²) in [7, 11) is 0. The van der Waals surface area contributed by atoms with E-state index in [4.69, 9.17) is 0 Å². The highest BCUT2D eigenvalue weighted by Crippen LogP contribution is 2.26. The van der Waals surface area contributed by atoms with Gasteiger partial charge in [-0.15, -0.1) is 0 Å². The van der Waals surface area contributed by atoms with Crippen LogP contribution in [0, 0.1) is 10.5 Å². The lowest BCUT2D eigenvalue weighted by Crippen LogP contribution is -1.84. The number of H-pyrrole nitrogens is 1. The fraction of sp³-hybridized carbons (Fsp3) is 0.273. The van der Waals surface area contributed by atoms with Gasteiger partial charge in [-0.1, -0.05) is 13.0 Å². The average Bonchev–Trinajstić information content (AvgIpc) is 2.55. The molecule has 0 aliphatic carbocycles. The van der Waals surface area contributed by atoms with Crippen molar-refractivity contribution in [3.05, 3.63) is 33.0 Å². The van der Waals surface area contributed by atoms with Crippen molar-refractivity contribution < 1.29 is 0 Å². The zero-order valence-corrected chi connectivity index (χ0v) is 9.97. The molecule has 2 heteroatoms. The summed E-state index contributed by atoms with van der Waals surface area (Å²) in [6.45, 7) is 4.36. The van der Waals surface area contributed by atoms with Crippen LogP contribution in [-0.4, -0.2) is 4.98 Å². The first-order valence-electron chi connectivity index (χ1n) is 4.49. The van der Waals surface area contributed by atoms with Crippen molar-refractivity contribution in [2.75, 3.05) is 0 Å². The minimum atomic E-state index is 1.10. The second-order valence-electron chi connectivity index (χ2n) is 3.29. The standard InChI is InChI=1S/C11H12IN/c1-3-8-6-13-9-5-4-7(2)11(12)10(8)9/h4-6,13H,3H2,1-2H3. The minimum absolute atomic E-state index is 1.10. The quantitative estimate of drug-likeness (QED) is 0.770. The third-order valence-electron chi connectivity index (χ3n) is 2.44. The number of fused-ring (bicyclic) bond motifs is 1. The summed E-state index contributed by atoms with van der Waals surface area (Å²) >= 11 is 2.43. The number of hydrogen-bond donors (Lipinski definition) is 1. The van der Waals surface area contributed by atoms with E-state index in [1.807, 2.05) is 0 Å². The number of benzene rings is 1. The first-order chi connectivity index (χ1) is 6.24. The Kier molecular flexibility index (Phi) is 2.32. The second-order valence-corrected chi connectivity index (χ2v) is 4.37. The normalized spacial score (nSPS) is 11.0. The van der Waals surface area contributed by atoms with Gasteiger partial charge in [0.15, 0.2) is 0 Å².